The Balaban J connectivity index is 2.25. The lowest BCUT2D eigenvalue weighted by molar-refractivity contribution is 0.0160. The highest BCUT2D eigenvalue weighted by Crippen LogP contribution is 2.15. The fraction of sp³-hybridized carbons (Fsp3) is 0.583. The minimum absolute atomic E-state index is 0.206. The van der Waals surface area contributed by atoms with E-state index in [4.69, 9.17) is 24.5 Å². The number of carbonyl (C=O) groups excluding carboxylic acids is 1. The zero-order chi connectivity index (χ0) is 14.1. The third-order valence-electron chi connectivity index (χ3n) is 2.35. The van der Waals surface area contributed by atoms with Crippen LogP contribution >= 0.6 is 0 Å². The Morgan fingerprint density at radius 2 is 2.00 bits per heavy atom. The molecule has 1 heterocycles. The molecule has 0 unspecified atom stereocenters. The third-order valence-corrected chi connectivity index (χ3v) is 2.35. The van der Waals surface area contributed by atoms with Crippen LogP contribution in [0, 0.1) is 6.92 Å². The number of amides is 1. The molecule has 1 amide bonds. The van der Waals surface area contributed by atoms with Crippen LogP contribution in [0.1, 0.15) is 21.9 Å². The number of rotatable bonds is 9. The van der Waals surface area contributed by atoms with E-state index in [9.17, 15) is 4.79 Å². The third kappa shape index (κ3) is 5.39. The molecule has 0 spiro atoms. The number of hydrogen-bond acceptors (Lipinski definition) is 6. The summed E-state index contributed by atoms with van der Waals surface area (Å²) in [5.74, 6) is 5.37. The smallest absolute Gasteiger partial charge is 0.301 e. The van der Waals surface area contributed by atoms with Crippen molar-refractivity contribution >= 4 is 5.91 Å². The molecule has 1 aromatic rings. The molecule has 0 aliphatic rings. The summed E-state index contributed by atoms with van der Waals surface area (Å²) in [4.78, 5) is 11.3. The van der Waals surface area contributed by atoms with Gasteiger partial charge in [0.2, 0.25) is 0 Å². The monoisotopic (exact) mass is 272 g/mol. The van der Waals surface area contributed by atoms with E-state index in [0.29, 0.717) is 32.2 Å². The summed E-state index contributed by atoms with van der Waals surface area (Å²) >= 11 is 0. The molecule has 1 rings (SSSR count). The maximum Gasteiger partial charge on any atom is 0.301 e. The number of nitrogen functional groups attached to an aromatic ring is 1. The van der Waals surface area contributed by atoms with Gasteiger partial charge in [-0.25, -0.2) is 5.84 Å². The van der Waals surface area contributed by atoms with E-state index < -0.39 is 5.91 Å². The predicted octanol–water partition coefficient (Wildman–Crippen LogP) is 0.371. The lowest BCUT2D eigenvalue weighted by atomic mass is 10.2. The van der Waals surface area contributed by atoms with Gasteiger partial charge in [-0.15, -0.1) is 0 Å². The van der Waals surface area contributed by atoms with Crippen LogP contribution in [0.5, 0.6) is 0 Å². The first-order chi connectivity index (χ1) is 9.19. The predicted molar refractivity (Wildman–Crippen MR) is 67.4 cm³/mol. The van der Waals surface area contributed by atoms with E-state index in [2.05, 4.69) is 0 Å². The van der Waals surface area contributed by atoms with Crippen LogP contribution in [-0.2, 0) is 20.8 Å². The first-order valence-corrected chi connectivity index (χ1v) is 5.93. The minimum Gasteiger partial charge on any atom is -0.453 e. The molecule has 7 nitrogen and oxygen atoms in total. The minimum atomic E-state index is -0.452. The van der Waals surface area contributed by atoms with E-state index in [-0.39, 0.29) is 12.4 Å². The summed E-state index contributed by atoms with van der Waals surface area (Å²) in [6.45, 7) is 4.09. The average molecular weight is 272 g/mol. The lowest BCUT2D eigenvalue weighted by Crippen LogP contribution is -2.30. The largest absolute Gasteiger partial charge is 0.453 e. The number of furan rings is 1. The summed E-state index contributed by atoms with van der Waals surface area (Å²) in [6, 6.07) is 1.75. The number of carbonyl (C=O) groups is 1. The summed E-state index contributed by atoms with van der Waals surface area (Å²) in [5, 5.41) is 0. The first kappa shape index (κ1) is 15.6. The van der Waals surface area contributed by atoms with Crippen molar-refractivity contribution in [3.63, 3.8) is 0 Å². The number of nitrogens with two attached hydrogens (primary N) is 1. The molecule has 0 bridgehead atoms. The molecule has 0 aromatic carbocycles. The van der Waals surface area contributed by atoms with Gasteiger partial charge in [-0.3, -0.25) is 10.2 Å². The highest BCUT2D eigenvalue weighted by Gasteiger charge is 2.14. The number of hydrogen-bond donors (Lipinski definition) is 2. The van der Waals surface area contributed by atoms with Crippen LogP contribution in [0.4, 0.5) is 0 Å². The van der Waals surface area contributed by atoms with E-state index in [1.807, 2.05) is 5.43 Å². The summed E-state index contributed by atoms with van der Waals surface area (Å²) in [5.41, 5.74) is 2.75. The lowest BCUT2D eigenvalue weighted by Gasteiger charge is -2.04. The van der Waals surface area contributed by atoms with Gasteiger partial charge in [0.15, 0.2) is 5.76 Å². The molecule has 108 valence electrons. The van der Waals surface area contributed by atoms with Gasteiger partial charge in [0.25, 0.3) is 0 Å². The first-order valence-electron chi connectivity index (χ1n) is 5.93. The van der Waals surface area contributed by atoms with Gasteiger partial charge >= 0.3 is 5.91 Å². The number of hydrazine groups is 1. The zero-order valence-electron chi connectivity index (χ0n) is 11.2. The molecule has 0 saturated carbocycles. The van der Waals surface area contributed by atoms with Crippen LogP contribution in [0.15, 0.2) is 10.5 Å². The van der Waals surface area contributed by atoms with Gasteiger partial charge < -0.3 is 18.6 Å². The molecule has 0 aliphatic heterocycles. The molecule has 0 radical (unpaired) electrons. The molecule has 0 atom stereocenters. The molecule has 0 saturated heterocycles. The molecule has 1 aromatic heterocycles. The van der Waals surface area contributed by atoms with Gasteiger partial charge in [0, 0.05) is 12.7 Å². The maximum absolute atomic E-state index is 11.3. The van der Waals surface area contributed by atoms with Gasteiger partial charge in [0.05, 0.1) is 26.4 Å². The van der Waals surface area contributed by atoms with E-state index >= 15 is 0 Å². The van der Waals surface area contributed by atoms with E-state index in [1.54, 1.807) is 20.1 Å². The standard InChI is InChI=1S/C12H20N2O5/c1-9-7-10(19-11(9)12(15)14-13)8-18-6-5-17-4-3-16-2/h7H,3-6,8,13H2,1-2H3,(H,14,15). The molecule has 0 aliphatic carbocycles. The Kier molecular flexibility index (Phi) is 7.12. The Hall–Kier alpha value is -1.41. The van der Waals surface area contributed by atoms with Gasteiger partial charge in [0.1, 0.15) is 12.4 Å². The fourth-order valence-corrected chi connectivity index (χ4v) is 1.45. The molecule has 3 N–H and O–H groups in total. The summed E-state index contributed by atoms with van der Waals surface area (Å²) in [7, 11) is 1.62. The van der Waals surface area contributed by atoms with E-state index in [1.165, 1.54) is 0 Å². The highest BCUT2D eigenvalue weighted by molar-refractivity contribution is 5.92. The molecule has 0 fully saturated rings. The fourth-order valence-electron chi connectivity index (χ4n) is 1.45. The van der Waals surface area contributed by atoms with Crippen molar-refractivity contribution in [3.05, 3.63) is 23.2 Å². The van der Waals surface area contributed by atoms with Crippen LogP contribution in [0.3, 0.4) is 0 Å². The van der Waals surface area contributed by atoms with Crippen molar-refractivity contribution in [1.82, 2.24) is 5.43 Å². The van der Waals surface area contributed by atoms with Crippen LogP contribution in [0.25, 0.3) is 0 Å². The molecule has 19 heavy (non-hydrogen) atoms. The normalized spacial score (nSPS) is 10.7. The van der Waals surface area contributed by atoms with Crippen molar-refractivity contribution < 1.29 is 23.4 Å². The second-order valence-corrected chi connectivity index (χ2v) is 3.86. The van der Waals surface area contributed by atoms with Gasteiger partial charge in [-0.2, -0.15) is 0 Å². The zero-order valence-corrected chi connectivity index (χ0v) is 11.2. The topological polar surface area (TPSA) is 96.0 Å². The SMILES string of the molecule is COCCOCCOCc1cc(C)c(C(=O)NN)o1. The summed E-state index contributed by atoms with van der Waals surface area (Å²) < 4.78 is 20.8. The van der Waals surface area contributed by atoms with Crippen molar-refractivity contribution in [2.75, 3.05) is 33.5 Å². The van der Waals surface area contributed by atoms with Crippen molar-refractivity contribution in [2.45, 2.75) is 13.5 Å². The summed E-state index contributed by atoms with van der Waals surface area (Å²) in [6.07, 6.45) is 0. The van der Waals surface area contributed by atoms with Gasteiger partial charge in [-0.1, -0.05) is 0 Å². The Labute approximate surface area is 112 Å². The number of nitrogens with one attached hydrogen (secondary N) is 1. The molecular formula is C12H20N2O5. The molecular weight excluding hydrogens is 252 g/mol. The van der Waals surface area contributed by atoms with Crippen molar-refractivity contribution in [1.29, 1.82) is 0 Å². The second kappa shape index (κ2) is 8.65. The Morgan fingerprint density at radius 1 is 1.32 bits per heavy atom. The Bertz CT molecular complexity index is 391. The van der Waals surface area contributed by atoms with Crippen molar-refractivity contribution in [2.24, 2.45) is 5.84 Å². The highest BCUT2D eigenvalue weighted by atomic mass is 16.5. The van der Waals surface area contributed by atoms with Crippen LogP contribution in [0.2, 0.25) is 0 Å². The number of ether oxygens (including phenoxy) is 3. The molecule has 7 heteroatoms. The average Bonchev–Trinajstić information content (AvgIpc) is 2.78. The maximum atomic E-state index is 11.3. The van der Waals surface area contributed by atoms with E-state index in [0.717, 1.165) is 5.56 Å². The van der Waals surface area contributed by atoms with Crippen LogP contribution < -0.4 is 11.3 Å². The van der Waals surface area contributed by atoms with Gasteiger partial charge in [-0.05, 0) is 13.0 Å². The quantitative estimate of drug-likeness (QED) is 0.292. The number of aryl methyl sites for hydroxylation is 1. The Morgan fingerprint density at radius 3 is 2.68 bits per heavy atom. The van der Waals surface area contributed by atoms with Crippen LogP contribution in [-0.4, -0.2) is 39.4 Å². The number of methoxy groups -OCH3 is 1. The second-order valence-electron chi connectivity index (χ2n) is 3.86. The van der Waals surface area contributed by atoms with Crippen molar-refractivity contribution in [3.8, 4) is 0 Å².